The first kappa shape index (κ1) is 17.5. The van der Waals surface area contributed by atoms with E-state index >= 15 is 0 Å². The molecule has 1 saturated carbocycles. The zero-order valence-corrected chi connectivity index (χ0v) is 14.7. The second-order valence-electron chi connectivity index (χ2n) is 6.89. The van der Waals surface area contributed by atoms with E-state index in [1.807, 2.05) is 24.3 Å². The van der Waals surface area contributed by atoms with E-state index in [0.717, 1.165) is 36.9 Å². The lowest BCUT2D eigenvalue weighted by atomic mass is 9.82. The number of amides is 3. The van der Waals surface area contributed by atoms with Crippen LogP contribution in [0.15, 0.2) is 24.3 Å². The number of benzene rings is 1. The number of hydrogen-bond acceptors (Lipinski definition) is 4. The smallest absolute Gasteiger partial charge is 0.330 e. The van der Waals surface area contributed by atoms with Crippen molar-refractivity contribution in [2.75, 3.05) is 25.6 Å². The van der Waals surface area contributed by atoms with Crippen molar-refractivity contribution in [2.24, 2.45) is 11.8 Å². The maximum absolute atomic E-state index is 12.8. The summed E-state index contributed by atoms with van der Waals surface area (Å²) in [5.41, 5.74) is 1.66. The van der Waals surface area contributed by atoms with E-state index in [-0.39, 0.29) is 36.2 Å². The largest absolute Gasteiger partial charge is 0.469 e. The minimum Gasteiger partial charge on any atom is -0.469 e. The third-order valence-electron chi connectivity index (χ3n) is 5.34. The van der Waals surface area contributed by atoms with E-state index in [2.05, 4.69) is 0 Å². The fourth-order valence-corrected chi connectivity index (χ4v) is 3.82. The predicted molar refractivity (Wildman–Crippen MR) is 93.1 cm³/mol. The van der Waals surface area contributed by atoms with E-state index in [1.165, 1.54) is 12.0 Å². The van der Waals surface area contributed by atoms with E-state index in [4.69, 9.17) is 4.74 Å². The Labute approximate surface area is 147 Å². The highest BCUT2D eigenvalue weighted by Gasteiger charge is 2.34. The number of anilines is 1. The van der Waals surface area contributed by atoms with Crippen LogP contribution in [-0.2, 0) is 20.7 Å². The summed E-state index contributed by atoms with van der Waals surface area (Å²) >= 11 is 0. The highest BCUT2D eigenvalue weighted by Crippen LogP contribution is 2.32. The van der Waals surface area contributed by atoms with Gasteiger partial charge in [0, 0.05) is 19.3 Å². The highest BCUT2D eigenvalue weighted by molar-refractivity contribution is 6.06. The normalized spacial score (nSPS) is 23.9. The third-order valence-corrected chi connectivity index (χ3v) is 5.34. The summed E-state index contributed by atoms with van der Waals surface area (Å²) < 4.78 is 4.81. The molecule has 0 bridgehead atoms. The van der Waals surface area contributed by atoms with Gasteiger partial charge in [-0.3, -0.25) is 19.4 Å². The second-order valence-corrected chi connectivity index (χ2v) is 6.89. The number of nitrogens with zero attached hydrogens (tertiary/aromatic N) is 2. The first-order valence-electron chi connectivity index (χ1n) is 8.75. The van der Waals surface area contributed by atoms with Crippen molar-refractivity contribution in [3.63, 3.8) is 0 Å². The number of carbonyl (C=O) groups excluding carboxylic acids is 3. The number of ether oxygens (including phenoxy) is 1. The molecule has 25 heavy (non-hydrogen) atoms. The van der Waals surface area contributed by atoms with Crippen molar-refractivity contribution in [3.05, 3.63) is 29.8 Å². The topological polar surface area (TPSA) is 66.9 Å². The molecule has 1 aliphatic carbocycles. The van der Waals surface area contributed by atoms with Gasteiger partial charge >= 0.3 is 12.0 Å². The van der Waals surface area contributed by atoms with Gasteiger partial charge in [-0.1, -0.05) is 18.2 Å². The first-order chi connectivity index (χ1) is 12.0. The highest BCUT2D eigenvalue weighted by atomic mass is 16.5. The van der Waals surface area contributed by atoms with Crippen molar-refractivity contribution >= 4 is 23.6 Å². The van der Waals surface area contributed by atoms with Crippen LogP contribution in [0.5, 0.6) is 0 Å². The molecule has 0 atom stereocenters. The lowest BCUT2D eigenvalue weighted by Gasteiger charge is -2.31. The van der Waals surface area contributed by atoms with Gasteiger partial charge in [0.25, 0.3) is 0 Å². The molecule has 0 aromatic heterocycles. The van der Waals surface area contributed by atoms with Crippen molar-refractivity contribution in [2.45, 2.75) is 32.1 Å². The Morgan fingerprint density at radius 1 is 1.16 bits per heavy atom. The van der Waals surface area contributed by atoms with Crippen LogP contribution in [0.3, 0.4) is 0 Å². The lowest BCUT2D eigenvalue weighted by Crippen LogP contribution is -2.46. The second kappa shape index (κ2) is 7.25. The average Bonchev–Trinajstić information content (AvgIpc) is 2.72. The molecule has 0 N–H and O–H groups in total. The van der Waals surface area contributed by atoms with Gasteiger partial charge in [-0.05, 0) is 43.2 Å². The summed E-state index contributed by atoms with van der Waals surface area (Å²) in [5, 5.41) is 0. The molecule has 6 nitrogen and oxygen atoms in total. The maximum atomic E-state index is 12.8. The zero-order valence-electron chi connectivity index (χ0n) is 14.7. The molecule has 0 unspecified atom stereocenters. The number of carbonyl (C=O) groups is 3. The van der Waals surface area contributed by atoms with Gasteiger partial charge in [0.05, 0.1) is 19.4 Å². The summed E-state index contributed by atoms with van der Waals surface area (Å²) in [4.78, 5) is 40.0. The van der Waals surface area contributed by atoms with E-state index < -0.39 is 0 Å². The van der Waals surface area contributed by atoms with E-state index in [1.54, 1.807) is 11.9 Å². The van der Waals surface area contributed by atoms with Crippen molar-refractivity contribution < 1.29 is 19.1 Å². The fourth-order valence-electron chi connectivity index (χ4n) is 3.82. The van der Waals surface area contributed by atoms with Crippen LogP contribution in [0.2, 0.25) is 0 Å². The maximum Gasteiger partial charge on any atom is 0.330 e. The van der Waals surface area contributed by atoms with Gasteiger partial charge in [0.1, 0.15) is 0 Å². The number of methoxy groups -OCH3 is 1. The molecule has 2 aliphatic rings. The molecule has 1 aliphatic heterocycles. The molecule has 134 valence electrons. The molecular weight excluding hydrogens is 320 g/mol. The Kier molecular flexibility index (Phi) is 5.06. The van der Waals surface area contributed by atoms with Gasteiger partial charge in [0.2, 0.25) is 5.91 Å². The number of para-hydroxylation sites is 1. The van der Waals surface area contributed by atoms with Crippen LogP contribution < -0.4 is 4.90 Å². The van der Waals surface area contributed by atoms with Gasteiger partial charge in [-0.25, -0.2) is 4.79 Å². The molecule has 1 fully saturated rings. The Balaban J connectivity index is 1.68. The van der Waals surface area contributed by atoms with Crippen molar-refractivity contribution in [1.82, 2.24) is 4.90 Å². The number of fused-ring (bicyclic) bond motifs is 1. The van der Waals surface area contributed by atoms with Crippen LogP contribution in [0.25, 0.3) is 0 Å². The van der Waals surface area contributed by atoms with E-state index in [9.17, 15) is 14.4 Å². The van der Waals surface area contributed by atoms with Crippen molar-refractivity contribution in [1.29, 1.82) is 0 Å². The standard InChI is InChI=1S/C19H24N2O4/c1-20-16-6-4-3-5-15(16)11-17(22)21(19(20)24)12-13-7-9-14(10-8-13)18(23)25-2/h3-6,13-14H,7-12H2,1-2H3. The van der Waals surface area contributed by atoms with Crippen LogP contribution in [0, 0.1) is 11.8 Å². The average molecular weight is 344 g/mol. The van der Waals surface area contributed by atoms with Crippen LogP contribution in [0.1, 0.15) is 31.2 Å². The Bertz CT molecular complexity index is 680. The number of rotatable bonds is 3. The Hall–Kier alpha value is -2.37. The predicted octanol–water partition coefficient (Wildman–Crippen LogP) is 2.61. The molecule has 0 radical (unpaired) electrons. The molecular formula is C19H24N2O4. The van der Waals surface area contributed by atoms with Gasteiger partial charge in [0.15, 0.2) is 0 Å². The molecule has 1 heterocycles. The summed E-state index contributed by atoms with van der Waals surface area (Å²) in [5.74, 6) is -0.125. The molecule has 3 rings (SSSR count). The summed E-state index contributed by atoms with van der Waals surface area (Å²) in [7, 11) is 3.12. The van der Waals surface area contributed by atoms with Gasteiger partial charge in [-0.15, -0.1) is 0 Å². The molecule has 3 amide bonds. The van der Waals surface area contributed by atoms with Crippen LogP contribution in [-0.4, -0.2) is 43.5 Å². The summed E-state index contributed by atoms with van der Waals surface area (Å²) in [6, 6.07) is 7.24. The minimum atomic E-state index is -0.273. The molecule has 1 aromatic carbocycles. The lowest BCUT2D eigenvalue weighted by molar-refractivity contribution is -0.147. The third kappa shape index (κ3) is 3.52. The molecule has 0 saturated heterocycles. The summed E-state index contributed by atoms with van der Waals surface area (Å²) in [6.45, 7) is 0.421. The minimum absolute atomic E-state index is 0.0521. The Morgan fingerprint density at radius 2 is 1.84 bits per heavy atom. The number of esters is 1. The van der Waals surface area contributed by atoms with Crippen LogP contribution in [0.4, 0.5) is 10.5 Å². The fraction of sp³-hybridized carbons (Fsp3) is 0.526. The number of hydrogen-bond donors (Lipinski definition) is 0. The summed E-state index contributed by atoms with van der Waals surface area (Å²) in [6.07, 6.45) is 3.40. The number of urea groups is 1. The molecule has 6 heteroatoms. The monoisotopic (exact) mass is 344 g/mol. The van der Waals surface area contributed by atoms with E-state index in [0.29, 0.717) is 6.54 Å². The quantitative estimate of drug-likeness (QED) is 0.791. The first-order valence-corrected chi connectivity index (χ1v) is 8.75. The Morgan fingerprint density at radius 3 is 2.52 bits per heavy atom. The van der Waals surface area contributed by atoms with Crippen molar-refractivity contribution in [3.8, 4) is 0 Å². The molecule has 1 aromatic rings. The molecule has 0 spiro atoms. The number of imide groups is 1. The van der Waals surface area contributed by atoms with Crippen LogP contribution >= 0.6 is 0 Å². The van der Waals surface area contributed by atoms with Gasteiger partial charge in [-0.2, -0.15) is 0 Å². The zero-order chi connectivity index (χ0) is 18.0. The van der Waals surface area contributed by atoms with Gasteiger partial charge < -0.3 is 4.74 Å². The SMILES string of the molecule is COC(=O)C1CCC(CN2C(=O)Cc3ccccc3N(C)C2=O)CC1.